The van der Waals surface area contributed by atoms with E-state index in [-0.39, 0.29) is 5.91 Å². The van der Waals surface area contributed by atoms with Crippen LogP contribution in [0.25, 0.3) is 22.6 Å². The number of nitrogens with zero attached hydrogens (tertiary/aromatic N) is 8. The molecule has 0 unspecified atom stereocenters. The second-order valence-electron chi connectivity index (χ2n) is 10.5. The van der Waals surface area contributed by atoms with Crippen LogP contribution in [-0.4, -0.2) is 71.5 Å². The highest BCUT2D eigenvalue weighted by Gasteiger charge is 2.22. The Kier molecular flexibility index (Phi) is 7.13. The smallest absolute Gasteiger partial charge is 0.222 e. The number of amides is 1. The van der Waals surface area contributed by atoms with Crippen molar-refractivity contribution in [2.24, 2.45) is 0 Å². The van der Waals surface area contributed by atoms with E-state index in [1.807, 2.05) is 48.6 Å². The summed E-state index contributed by atoms with van der Waals surface area (Å²) in [5.41, 5.74) is 7.52. The van der Waals surface area contributed by atoms with Gasteiger partial charge in [-0.15, -0.1) is 15.3 Å². The van der Waals surface area contributed by atoms with Crippen molar-refractivity contribution in [1.29, 1.82) is 0 Å². The van der Waals surface area contributed by atoms with Crippen LogP contribution in [0.2, 0.25) is 0 Å². The zero-order valence-corrected chi connectivity index (χ0v) is 23.3. The molecule has 1 aliphatic heterocycles. The topological polar surface area (TPSA) is 84.4 Å². The van der Waals surface area contributed by atoms with E-state index in [0.717, 1.165) is 55.5 Å². The van der Waals surface area contributed by atoms with E-state index in [1.54, 1.807) is 4.52 Å². The number of hydrogen-bond donors (Lipinski definition) is 0. The lowest BCUT2D eigenvalue weighted by Crippen LogP contribution is -2.48. The average molecular weight is 535 g/mol. The molecule has 0 radical (unpaired) electrons. The number of hydrogen-bond acceptors (Lipinski definition) is 6. The van der Waals surface area contributed by atoms with E-state index >= 15 is 0 Å². The van der Waals surface area contributed by atoms with Crippen molar-refractivity contribution < 1.29 is 4.79 Å². The van der Waals surface area contributed by atoms with Crippen molar-refractivity contribution in [3.8, 4) is 16.9 Å². The number of rotatable bonds is 7. The third kappa shape index (κ3) is 5.24. The molecule has 0 aliphatic carbocycles. The normalized spacial score (nSPS) is 14.2. The number of carbonyl (C=O) groups is 1. The van der Waals surface area contributed by atoms with Gasteiger partial charge < -0.3 is 4.90 Å². The highest BCUT2D eigenvalue weighted by Crippen LogP contribution is 2.22. The summed E-state index contributed by atoms with van der Waals surface area (Å²) in [6.07, 6.45) is 1.14. The van der Waals surface area contributed by atoms with Gasteiger partial charge in [0.05, 0.1) is 5.69 Å². The van der Waals surface area contributed by atoms with E-state index < -0.39 is 0 Å². The zero-order chi connectivity index (χ0) is 27.6. The molecule has 0 saturated carbocycles. The molecule has 5 aromatic rings. The Balaban J connectivity index is 1.04. The lowest BCUT2D eigenvalue weighted by molar-refractivity contribution is -0.133. The number of carbonyl (C=O) groups excluding carboxylic acids is 1. The molecule has 1 aliphatic rings. The number of fused-ring (bicyclic) bond motifs is 1. The summed E-state index contributed by atoms with van der Waals surface area (Å²) < 4.78 is 3.56. The van der Waals surface area contributed by atoms with Crippen LogP contribution in [0.4, 0.5) is 0 Å². The molecule has 3 aromatic heterocycles. The fourth-order valence-electron chi connectivity index (χ4n) is 5.54. The van der Waals surface area contributed by atoms with Crippen LogP contribution in [-0.2, 0) is 17.8 Å². The van der Waals surface area contributed by atoms with Gasteiger partial charge in [-0.1, -0.05) is 48.5 Å². The first-order valence-corrected chi connectivity index (χ1v) is 13.9. The predicted molar refractivity (Wildman–Crippen MR) is 154 cm³/mol. The van der Waals surface area contributed by atoms with Crippen molar-refractivity contribution in [2.45, 2.75) is 40.2 Å². The minimum Gasteiger partial charge on any atom is -0.340 e. The predicted octanol–water partition coefficient (Wildman–Crippen LogP) is 4.18. The molecule has 1 saturated heterocycles. The number of benzene rings is 2. The van der Waals surface area contributed by atoms with Crippen LogP contribution in [0.3, 0.4) is 0 Å². The van der Waals surface area contributed by atoms with Crippen molar-refractivity contribution in [1.82, 2.24) is 39.4 Å². The third-order valence-electron chi connectivity index (χ3n) is 7.82. The molecule has 40 heavy (non-hydrogen) atoms. The first-order chi connectivity index (χ1) is 19.5. The SMILES string of the molecule is Cc1nn(-c2ccc3nnc(C)n3n2)c(C)c1CCC(=O)N1CCN(Cc2cccc(-c3ccccc3)c2)CC1. The van der Waals surface area contributed by atoms with Gasteiger partial charge in [0, 0.05) is 44.8 Å². The van der Waals surface area contributed by atoms with Gasteiger partial charge in [0.1, 0.15) is 0 Å². The summed E-state index contributed by atoms with van der Waals surface area (Å²) in [5.74, 6) is 1.64. The van der Waals surface area contributed by atoms with Gasteiger partial charge >= 0.3 is 0 Å². The van der Waals surface area contributed by atoms with Gasteiger partial charge in [-0.05, 0) is 67.6 Å². The number of piperazine rings is 1. The molecule has 0 spiro atoms. The van der Waals surface area contributed by atoms with Crippen LogP contribution in [0.15, 0.2) is 66.7 Å². The summed E-state index contributed by atoms with van der Waals surface area (Å²) in [7, 11) is 0. The molecule has 1 fully saturated rings. The van der Waals surface area contributed by atoms with Gasteiger partial charge in [0.15, 0.2) is 17.3 Å². The molecular weight excluding hydrogens is 500 g/mol. The molecule has 0 bridgehead atoms. The molecule has 9 nitrogen and oxygen atoms in total. The molecule has 0 atom stereocenters. The Hall–Kier alpha value is -4.37. The van der Waals surface area contributed by atoms with Crippen LogP contribution in [0.5, 0.6) is 0 Å². The summed E-state index contributed by atoms with van der Waals surface area (Å²) in [4.78, 5) is 17.6. The third-order valence-corrected chi connectivity index (χ3v) is 7.82. The monoisotopic (exact) mass is 534 g/mol. The van der Waals surface area contributed by atoms with Gasteiger partial charge in [-0.2, -0.15) is 9.61 Å². The Labute approximate surface area is 234 Å². The summed E-state index contributed by atoms with van der Waals surface area (Å²) in [5, 5.41) is 17.6. The maximum atomic E-state index is 13.1. The Morgan fingerprint density at radius 2 is 1.60 bits per heavy atom. The van der Waals surface area contributed by atoms with E-state index in [0.29, 0.717) is 24.3 Å². The van der Waals surface area contributed by atoms with E-state index in [4.69, 9.17) is 5.10 Å². The molecule has 1 amide bonds. The highest BCUT2D eigenvalue weighted by molar-refractivity contribution is 5.76. The van der Waals surface area contributed by atoms with E-state index in [9.17, 15) is 4.79 Å². The average Bonchev–Trinajstić information content (AvgIpc) is 3.50. The second-order valence-corrected chi connectivity index (χ2v) is 10.5. The van der Waals surface area contributed by atoms with Crippen LogP contribution >= 0.6 is 0 Å². The second kappa shape index (κ2) is 11.0. The fraction of sp³-hybridized carbons (Fsp3) is 0.323. The van der Waals surface area contributed by atoms with Gasteiger partial charge in [-0.25, -0.2) is 4.68 Å². The molecule has 4 heterocycles. The lowest BCUT2D eigenvalue weighted by atomic mass is 10.0. The Morgan fingerprint density at radius 1 is 0.825 bits per heavy atom. The van der Waals surface area contributed by atoms with E-state index in [2.05, 4.69) is 68.7 Å². The van der Waals surface area contributed by atoms with Crippen molar-refractivity contribution in [2.75, 3.05) is 26.2 Å². The van der Waals surface area contributed by atoms with Crippen molar-refractivity contribution >= 4 is 11.6 Å². The first kappa shape index (κ1) is 25.9. The quantitative estimate of drug-likeness (QED) is 0.312. The van der Waals surface area contributed by atoms with Crippen molar-refractivity contribution in [3.05, 3.63) is 95.1 Å². The standard InChI is InChI=1S/C31H34N8O/c1-22-28(23(2)38(34-22)30-14-13-29-33-32-24(3)39(29)35-30)12-15-31(40)37-18-16-36(17-19-37)21-25-8-7-11-27(20-25)26-9-5-4-6-10-26/h4-11,13-14,20H,12,15-19,21H2,1-3H3. The Morgan fingerprint density at radius 3 is 2.40 bits per heavy atom. The lowest BCUT2D eigenvalue weighted by Gasteiger charge is -2.35. The summed E-state index contributed by atoms with van der Waals surface area (Å²) in [6.45, 7) is 10.1. The van der Waals surface area contributed by atoms with Crippen molar-refractivity contribution in [3.63, 3.8) is 0 Å². The van der Waals surface area contributed by atoms with Gasteiger partial charge in [0.2, 0.25) is 5.91 Å². The molecule has 2 aromatic carbocycles. The van der Waals surface area contributed by atoms with E-state index in [1.165, 1.54) is 16.7 Å². The maximum absolute atomic E-state index is 13.1. The molecule has 0 N–H and O–H groups in total. The molecular formula is C31H34N8O. The first-order valence-electron chi connectivity index (χ1n) is 13.9. The fourth-order valence-corrected chi connectivity index (χ4v) is 5.54. The van der Waals surface area contributed by atoms with Crippen LogP contribution in [0.1, 0.15) is 34.8 Å². The molecule has 9 heteroatoms. The van der Waals surface area contributed by atoms with Gasteiger partial charge in [0.25, 0.3) is 0 Å². The largest absolute Gasteiger partial charge is 0.340 e. The minimum atomic E-state index is 0.205. The van der Waals surface area contributed by atoms with Crippen LogP contribution in [0, 0.1) is 20.8 Å². The maximum Gasteiger partial charge on any atom is 0.222 e. The summed E-state index contributed by atoms with van der Waals surface area (Å²) in [6, 6.07) is 23.0. The van der Waals surface area contributed by atoms with Crippen LogP contribution < -0.4 is 0 Å². The molecule has 6 rings (SSSR count). The molecule has 204 valence electrons. The number of aromatic nitrogens is 6. The highest BCUT2D eigenvalue weighted by atomic mass is 16.2. The minimum absolute atomic E-state index is 0.205. The zero-order valence-electron chi connectivity index (χ0n) is 23.3. The number of aryl methyl sites for hydroxylation is 2. The van der Waals surface area contributed by atoms with Gasteiger partial charge in [-0.3, -0.25) is 9.69 Å². The summed E-state index contributed by atoms with van der Waals surface area (Å²) >= 11 is 0. The Bertz CT molecular complexity index is 1650.